The Morgan fingerprint density at radius 3 is 2.81 bits per heavy atom. The zero-order valence-corrected chi connectivity index (χ0v) is 13.3. The summed E-state index contributed by atoms with van der Waals surface area (Å²) in [7, 11) is 0. The number of thiazole rings is 1. The molecule has 21 heavy (non-hydrogen) atoms. The molecule has 7 heteroatoms. The van der Waals surface area contributed by atoms with Crippen molar-refractivity contribution in [3.63, 3.8) is 0 Å². The molecule has 0 unspecified atom stereocenters. The van der Waals surface area contributed by atoms with Crippen molar-refractivity contribution in [2.24, 2.45) is 0 Å². The number of carbonyl (C=O) groups is 2. The summed E-state index contributed by atoms with van der Waals surface area (Å²) in [6.07, 6.45) is 0. The topological polar surface area (TPSA) is 71.1 Å². The molecule has 110 valence electrons. The lowest BCUT2D eigenvalue weighted by Gasteiger charge is -2.05. The Morgan fingerprint density at radius 2 is 2.14 bits per heavy atom. The molecule has 5 nitrogen and oxygen atoms in total. The van der Waals surface area contributed by atoms with Crippen molar-refractivity contribution in [3.8, 4) is 0 Å². The maximum atomic E-state index is 11.8. The van der Waals surface area contributed by atoms with E-state index in [0.29, 0.717) is 10.9 Å². The molecular formula is C14H15N3O2S2. The number of aromatic nitrogens is 1. The van der Waals surface area contributed by atoms with Crippen LogP contribution >= 0.6 is 23.1 Å². The number of nitrogens with one attached hydrogen (secondary N) is 2. The first kappa shape index (κ1) is 15.5. The summed E-state index contributed by atoms with van der Waals surface area (Å²) in [5.41, 5.74) is 1.62. The quantitative estimate of drug-likeness (QED) is 0.830. The summed E-state index contributed by atoms with van der Waals surface area (Å²) in [6, 6.07) is 7.39. The Labute approximate surface area is 131 Å². The van der Waals surface area contributed by atoms with Crippen LogP contribution in [0.1, 0.15) is 12.6 Å². The molecule has 2 rings (SSSR count). The van der Waals surface area contributed by atoms with Crippen LogP contribution in [0.5, 0.6) is 0 Å². The van der Waals surface area contributed by atoms with Crippen LogP contribution in [-0.2, 0) is 9.59 Å². The van der Waals surface area contributed by atoms with Gasteiger partial charge in [-0.15, -0.1) is 23.1 Å². The van der Waals surface area contributed by atoms with Gasteiger partial charge in [0.25, 0.3) is 0 Å². The zero-order chi connectivity index (χ0) is 15.2. The SMILES string of the molecule is CC(=O)Nc1cccc(SCC(=O)Nc2nc(C)cs2)c1. The number of anilines is 2. The Bertz CT molecular complexity index is 655. The summed E-state index contributed by atoms with van der Waals surface area (Å²) < 4.78 is 0. The molecule has 0 aliphatic heterocycles. The molecule has 0 fully saturated rings. The fourth-order valence-electron chi connectivity index (χ4n) is 1.58. The summed E-state index contributed by atoms with van der Waals surface area (Å²) in [5, 5.41) is 7.98. The number of aryl methyl sites for hydroxylation is 1. The highest BCUT2D eigenvalue weighted by molar-refractivity contribution is 8.00. The van der Waals surface area contributed by atoms with Crippen molar-refractivity contribution in [2.75, 3.05) is 16.4 Å². The standard InChI is InChI=1S/C14H15N3O2S2/c1-9-7-21-14(15-9)17-13(19)8-20-12-5-3-4-11(6-12)16-10(2)18/h3-7H,8H2,1-2H3,(H,16,18)(H,15,17,19). The maximum absolute atomic E-state index is 11.8. The first-order chi connectivity index (χ1) is 10.0. The Hall–Kier alpha value is -1.86. The zero-order valence-electron chi connectivity index (χ0n) is 11.7. The van der Waals surface area contributed by atoms with Crippen LogP contribution in [0.3, 0.4) is 0 Å². The van der Waals surface area contributed by atoms with Crippen molar-refractivity contribution in [1.29, 1.82) is 0 Å². The average Bonchev–Trinajstić information content (AvgIpc) is 2.81. The Morgan fingerprint density at radius 1 is 1.33 bits per heavy atom. The number of benzene rings is 1. The molecule has 2 amide bonds. The Kier molecular flexibility index (Phi) is 5.35. The highest BCUT2D eigenvalue weighted by Crippen LogP contribution is 2.22. The number of nitrogens with zero attached hydrogens (tertiary/aromatic N) is 1. The number of rotatable bonds is 5. The van der Waals surface area contributed by atoms with Gasteiger partial charge in [0.1, 0.15) is 0 Å². The molecule has 0 saturated heterocycles. The molecule has 1 heterocycles. The van der Waals surface area contributed by atoms with E-state index in [1.165, 1.54) is 30.0 Å². The van der Waals surface area contributed by atoms with Gasteiger partial charge < -0.3 is 10.6 Å². The summed E-state index contributed by atoms with van der Waals surface area (Å²) in [4.78, 5) is 27.9. The normalized spacial score (nSPS) is 10.2. The number of amides is 2. The molecule has 2 N–H and O–H groups in total. The van der Waals surface area contributed by atoms with E-state index < -0.39 is 0 Å². The minimum atomic E-state index is -0.117. The monoisotopic (exact) mass is 321 g/mol. The van der Waals surface area contributed by atoms with Crippen molar-refractivity contribution < 1.29 is 9.59 Å². The van der Waals surface area contributed by atoms with Crippen LogP contribution in [0.15, 0.2) is 34.5 Å². The van der Waals surface area contributed by atoms with E-state index in [4.69, 9.17) is 0 Å². The molecule has 1 aromatic carbocycles. The van der Waals surface area contributed by atoms with Crippen molar-refractivity contribution in [1.82, 2.24) is 4.98 Å². The van der Waals surface area contributed by atoms with Gasteiger partial charge in [0.05, 0.1) is 11.4 Å². The third-order valence-electron chi connectivity index (χ3n) is 2.39. The van der Waals surface area contributed by atoms with Crippen LogP contribution in [0.2, 0.25) is 0 Å². The smallest absolute Gasteiger partial charge is 0.236 e. The van der Waals surface area contributed by atoms with E-state index in [1.807, 2.05) is 36.6 Å². The van der Waals surface area contributed by atoms with Crippen LogP contribution in [0.25, 0.3) is 0 Å². The summed E-state index contributed by atoms with van der Waals surface area (Å²) >= 11 is 2.82. The van der Waals surface area contributed by atoms with Crippen LogP contribution in [0.4, 0.5) is 10.8 Å². The van der Waals surface area contributed by atoms with E-state index in [-0.39, 0.29) is 11.8 Å². The minimum Gasteiger partial charge on any atom is -0.326 e. The second kappa shape index (κ2) is 7.24. The fourth-order valence-corrected chi connectivity index (χ4v) is 3.04. The molecule has 0 radical (unpaired) electrons. The van der Waals surface area contributed by atoms with E-state index in [0.717, 1.165) is 16.3 Å². The highest BCUT2D eigenvalue weighted by atomic mass is 32.2. The number of hydrogen-bond acceptors (Lipinski definition) is 5. The van der Waals surface area contributed by atoms with Gasteiger partial charge in [-0.25, -0.2) is 4.98 Å². The van der Waals surface area contributed by atoms with Crippen LogP contribution in [-0.4, -0.2) is 22.6 Å². The molecule has 0 saturated carbocycles. The lowest BCUT2D eigenvalue weighted by Crippen LogP contribution is -2.13. The summed E-state index contributed by atoms with van der Waals surface area (Å²) in [6.45, 7) is 3.34. The fraction of sp³-hybridized carbons (Fsp3) is 0.214. The van der Waals surface area contributed by atoms with Crippen molar-refractivity contribution in [3.05, 3.63) is 35.3 Å². The highest BCUT2D eigenvalue weighted by Gasteiger charge is 2.06. The first-order valence-electron chi connectivity index (χ1n) is 6.25. The van der Waals surface area contributed by atoms with Crippen LogP contribution in [0, 0.1) is 6.92 Å². The van der Waals surface area contributed by atoms with Gasteiger partial charge in [-0.2, -0.15) is 0 Å². The second-order valence-electron chi connectivity index (χ2n) is 4.34. The molecule has 0 aliphatic carbocycles. The lowest BCUT2D eigenvalue weighted by atomic mass is 10.3. The van der Waals surface area contributed by atoms with Gasteiger partial charge in [0.15, 0.2) is 5.13 Å². The second-order valence-corrected chi connectivity index (χ2v) is 6.25. The van der Waals surface area contributed by atoms with Gasteiger partial charge in [0, 0.05) is 22.9 Å². The number of carbonyl (C=O) groups excluding carboxylic acids is 2. The molecule has 0 spiro atoms. The number of thioether (sulfide) groups is 1. The largest absolute Gasteiger partial charge is 0.326 e. The van der Waals surface area contributed by atoms with Gasteiger partial charge in [-0.3, -0.25) is 9.59 Å². The van der Waals surface area contributed by atoms with E-state index >= 15 is 0 Å². The third kappa shape index (κ3) is 5.20. The van der Waals surface area contributed by atoms with Gasteiger partial charge in [-0.1, -0.05) is 6.07 Å². The lowest BCUT2D eigenvalue weighted by molar-refractivity contribution is -0.114. The van der Waals surface area contributed by atoms with Gasteiger partial charge >= 0.3 is 0 Å². The third-order valence-corrected chi connectivity index (χ3v) is 4.26. The van der Waals surface area contributed by atoms with Gasteiger partial charge in [0.2, 0.25) is 11.8 Å². The number of hydrogen-bond donors (Lipinski definition) is 2. The minimum absolute atomic E-state index is 0.0979. The Balaban J connectivity index is 1.87. The molecule has 0 atom stereocenters. The van der Waals surface area contributed by atoms with Crippen molar-refractivity contribution >= 4 is 45.7 Å². The predicted octanol–water partition coefficient (Wildman–Crippen LogP) is 3.14. The average molecular weight is 321 g/mol. The van der Waals surface area contributed by atoms with E-state index in [1.54, 1.807) is 0 Å². The van der Waals surface area contributed by atoms with E-state index in [9.17, 15) is 9.59 Å². The molecule has 1 aromatic heterocycles. The van der Waals surface area contributed by atoms with Crippen molar-refractivity contribution in [2.45, 2.75) is 18.7 Å². The first-order valence-corrected chi connectivity index (χ1v) is 8.12. The maximum Gasteiger partial charge on any atom is 0.236 e. The molecular weight excluding hydrogens is 306 g/mol. The molecule has 2 aromatic rings. The molecule has 0 aliphatic rings. The summed E-state index contributed by atoms with van der Waals surface area (Å²) in [5.74, 6) is 0.0793. The van der Waals surface area contributed by atoms with Crippen LogP contribution < -0.4 is 10.6 Å². The van der Waals surface area contributed by atoms with E-state index in [2.05, 4.69) is 15.6 Å². The molecule has 0 bridgehead atoms. The van der Waals surface area contributed by atoms with Gasteiger partial charge in [-0.05, 0) is 25.1 Å². The predicted molar refractivity (Wildman–Crippen MR) is 87.0 cm³/mol.